The molecular weight excluding hydrogens is 196 g/mol. The molecule has 15 heavy (non-hydrogen) atoms. The van der Waals surface area contributed by atoms with Gasteiger partial charge in [-0.25, -0.2) is 4.79 Å². The van der Waals surface area contributed by atoms with Gasteiger partial charge in [0.2, 0.25) is 0 Å². The van der Waals surface area contributed by atoms with E-state index in [2.05, 4.69) is 10.2 Å². The lowest BCUT2D eigenvalue weighted by atomic mass is 10.2. The van der Waals surface area contributed by atoms with Crippen LogP contribution >= 0.6 is 0 Å². The highest BCUT2D eigenvalue weighted by Gasteiger charge is 2.26. The van der Waals surface area contributed by atoms with Crippen molar-refractivity contribution < 1.29 is 9.63 Å². The summed E-state index contributed by atoms with van der Waals surface area (Å²) in [6.45, 7) is 5.58. The summed E-state index contributed by atoms with van der Waals surface area (Å²) in [5.74, 6) is 0. The number of carbonyl (C=O) groups is 1. The molecule has 6 nitrogen and oxygen atoms in total. The number of hydrogen-bond acceptors (Lipinski definition) is 5. The summed E-state index contributed by atoms with van der Waals surface area (Å²) < 4.78 is 0. The summed E-state index contributed by atoms with van der Waals surface area (Å²) in [6, 6.07) is 0.653. The van der Waals surface area contributed by atoms with Crippen LogP contribution in [0.2, 0.25) is 0 Å². The van der Waals surface area contributed by atoms with Crippen LogP contribution in [0, 0.1) is 0 Å². The molecule has 86 valence electrons. The summed E-state index contributed by atoms with van der Waals surface area (Å²) in [7, 11) is 0. The van der Waals surface area contributed by atoms with E-state index in [4.69, 9.17) is 10.6 Å². The zero-order chi connectivity index (χ0) is 10.7. The Hall–Kier alpha value is -0.850. The molecule has 0 bridgehead atoms. The van der Waals surface area contributed by atoms with Crippen molar-refractivity contribution in [2.75, 3.05) is 39.3 Å². The second-order valence-electron chi connectivity index (χ2n) is 4.02. The molecule has 6 heteroatoms. The lowest BCUT2D eigenvalue weighted by Gasteiger charge is -2.36. The van der Waals surface area contributed by atoms with Gasteiger partial charge in [0.15, 0.2) is 0 Å². The Morgan fingerprint density at radius 2 is 2.07 bits per heavy atom. The Morgan fingerprint density at radius 1 is 1.33 bits per heavy atom. The highest BCUT2D eigenvalue weighted by Crippen LogP contribution is 2.11. The number of amides is 1. The van der Waals surface area contributed by atoms with Gasteiger partial charge in [0, 0.05) is 38.8 Å². The zero-order valence-electron chi connectivity index (χ0n) is 8.82. The second-order valence-corrected chi connectivity index (χ2v) is 4.02. The van der Waals surface area contributed by atoms with E-state index in [1.54, 1.807) is 5.06 Å². The first-order valence-electron chi connectivity index (χ1n) is 5.43. The van der Waals surface area contributed by atoms with Crippen LogP contribution in [0.3, 0.4) is 0 Å². The molecule has 1 unspecified atom stereocenters. The predicted molar refractivity (Wildman–Crippen MR) is 55.1 cm³/mol. The van der Waals surface area contributed by atoms with Gasteiger partial charge in [0.05, 0.1) is 0 Å². The van der Waals surface area contributed by atoms with Gasteiger partial charge in [-0.3, -0.25) is 4.90 Å². The molecule has 2 aliphatic rings. The maximum atomic E-state index is 10.5. The highest BCUT2D eigenvalue weighted by molar-refractivity contribution is 5.64. The van der Waals surface area contributed by atoms with Crippen molar-refractivity contribution in [1.82, 2.24) is 15.3 Å². The van der Waals surface area contributed by atoms with E-state index in [-0.39, 0.29) is 0 Å². The van der Waals surface area contributed by atoms with Crippen LogP contribution < -0.4 is 11.1 Å². The SMILES string of the molecule is NC(=O)ON1CCN(C2CCNC2)CC1. The molecule has 2 saturated heterocycles. The number of hydrogen-bond donors (Lipinski definition) is 2. The molecule has 0 aromatic heterocycles. The Kier molecular flexibility index (Phi) is 3.40. The number of nitrogens with one attached hydrogen (secondary N) is 1. The number of carbonyl (C=O) groups excluding carboxylic acids is 1. The van der Waals surface area contributed by atoms with Gasteiger partial charge in [-0.2, -0.15) is 0 Å². The van der Waals surface area contributed by atoms with E-state index < -0.39 is 6.09 Å². The minimum atomic E-state index is -0.717. The molecule has 2 rings (SSSR count). The molecule has 0 aliphatic carbocycles. The topological polar surface area (TPSA) is 70.8 Å². The van der Waals surface area contributed by atoms with Crippen molar-refractivity contribution >= 4 is 6.09 Å². The van der Waals surface area contributed by atoms with Crippen LogP contribution in [0.25, 0.3) is 0 Å². The van der Waals surface area contributed by atoms with E-state index >= 15 is 0 Å². The van der Waals surface area contributed by atoms with Crippen LogP contribution in [0.1, 0.15) is 6.42 Å². The molecular formula is C9H18N4O2. The molecule has 0 saturated carbocycles. The fourth-order valence-electron chi connectivity index (χ4n) is 2.24. The third-order valence-corrected chi connectivity index (χ3v) is 3.04. The first-order valence-corrected chi connectivity index (χ1v) is 5.43. The van der Waals surface area contributed by atoms with Gasteiger partial charge in [-0.1, -0.05) is 0 Å². The minimum absolute atomic E-state index is 0.653. The fraction of sp³-hybridized carbons (Fsp3) is 0.889. The molecule has 1 amide bonds. The van der Waals surface area contributed by atoms with Crippen molar-refractivity contribution in [3.05, 3.63) is 0 Å². The van der Waals surface area contributed by atoms with Crippen LogP contribution in [0.5, 0.6) is 0 Å². The number of piperazine rings is 1. The third-order valence-electron chi connectivity index (χ3n) is 3.04. The Bertz CT molecular complexity index is 222. The summed E-state index contributed by atoms with van der Waals surface area (Å²) in [6.07, 6.45) is 0.502. The van der Waals surface area contributed by atoms with Crippen LogP contribution in [0.15, 0.2) is 0 Å². The molecule has 0 aromatic rings. The quantitative estimate of drug-likeness (QED) is 0.615. The van der Waals surface area contributed by atoms with E-state index in [0.29, 0.717) is 6.04 Å². The summed E-state index contributed by atoms with van der Waals surface area (Å²) >= 11 is 0. The average Bonchev–Trinajstić information content (AvgIpc) is 2.71. The number of primary amides is 1. The van der Waals surface area contributed by atoms with Gasteiger partial charge in [0.1, 0.15) is 0 Å². The number of rotatable bonds is 2. The van der Waals surface area contributed by atoms with Crippen LogP contribution in [-0.4, -0.2) is 61.4 Å². The number of nitrogens with zero attached hydrogens (tertiary/aromatic N) is 2. The number of hydroxylamine groups is 2. The molecule has 2 aliphatic heterocycles. The summed E-state index contributed by atoms with van der Waals surface area (Å²) in [4.78, 5) is 17.8. The van der Waals surface area contributed by atoms with E-state index in [1.165, 1.54) is 6.42 Å². The normalized spacial score (nSPS) is 29.2. The largest absolute Gasteiger partial charge is 0.423 e. The standard InChI is InChI=1S/C9H18N4O2/c10-9(14)15-13-5-3-12(4-6-13)8-1-2-11-7-8/h8,11H,1-7H2,(H2,10,14). The summed E-state index contributed by atoms with van der Waals surface area (Å²) in [5, 5.41) is 4.99. The van der Waals surface area contributed by atoms with Crippen molar-refractivity contribution in [3.8, 4) is 0 Å². The van der Waals surface area contributed by atoms with Gasteiger partial charge in [-0.05, 0) is 13.0 Å². The average molecular weight is 214 g/mol. The first-order chi connectivity index (χ1) is 7.25. The lowest BCUT2D eigenvalue weighted by Crippen LogP contribution is -2.51. The summed E-state index contributed by atoms with van der Waals surface area (Å²) in [5.41, 5.74) is 4.95. The molecule has 3 N–H and O–H groups in total. The zero-order valence-corrected chi connectivity index (χ0v) is 8.82. The maximum absolute atomic E-state index is 10.5. The van der Waals surface area contributed by atoms with Gasteiger partial charge in [0.25, 0.3) is 0 Å². The molecule has 2 fully saturated rings. The van der Waals surface area contributed by atoms with Crippen LogP contribution in [-0.2, 0) is 4.84 Å². The fourth-order valence-corrected chi connectivity index (χ4v) is 2.24. The minimum Gasteiger partial charge on any atom is -0.351 e. The highest BCUT2D eigenvalue weighted by atomic mass is 16.7. The van der Waals surface area contributed by atoms with Crippen molar-refractivity contribution in [1.29, 1.82) is 0 Å². The van der Waals surface area contributed by atoms with Crippen molar-refractivity contribution in [2.24, 2.45) is 5.73 Å². The second kappa shape index (κ2) is 4.78. The van der Waals surface area contributed by atoms with Crippen LogP contribution in [0.4, 0.5) is 4.79 Å². The van der Waals surface area contributed by atoms with E-state index in [1.807, 2.05) is 0 Å². The van der Waals surface area contributed by atoms with Crippen molar-refractivity contribution in [3.63, 3.8) is 0 Å². The molecule has 0 radical (unpaired) electrons. The maximum Gasteiger partial charge on any atom is 0.423 e. The molecule has 2 heterocycles. The van der Waals surface area contributed by atoms with Gasteiger partial charge < -0.3 is 15.9 Å². The van der Waals surface area contributed by atoms with Gasteiger partial charge >= 0.3 is 6.09 Å². The Balaban J connectivity index is 1.73. The number of nitrogens with two attached hydrogens (primary N) is 1. The van der Waals surface area contributed by atoms with E-state index in [0.717, 1.165) is 39.3 Å². The van der Waals surface area contributed by atoms with E-state index in [9.17, 15) is 4.79 Å². The molecule has 0 spiro atoms. The van der Waals surface area contributed by atoms with Crippen molar-refractivity contribution in [2.45, 2.75) is 12.5 Å². The smallest absolute Gasteiger partial charge is 0.351 e. The van der Waals surface area contributed by atoms with Gasteiger partial charge in [-0.15, -0.1) is 5.06 Å². The third kappa shape index (κ3) is 2.80. The Morgan fingerprint density at radius 3 is 2.60 bits per heavy atom. The lowest BCUT2D eigenvalue weighted by molar-refractivity contribution is -0.123. The molecule has 0 aromatic carbocycles. The first kappa shape index (κ1) is 10.7. The monoisotopic (exact) mass is 214 g/mol. The predicted octanol–water partition coefficient (Wildman–Crippen LogP) is -1.02. The molecule has 1 atom stereocenters. The Labute approximate surface area is 89.3 Å².